The van der Waals surface area contributed by atoms with Gasteiger partial charge in [0.25, 0.3) is 0 Å². The minimum Gasteiger partial charge on any atom is -0.384 e. The Bertz CT molecular complexity index is 525. The number of benzene rings is 1. The molecule has 21 heavy (non-hydrogen) atoms. The topological polar surface area (TPSA) is 56.4 Å². The molecular weight excluding hydrogens is 267 g/mol. The molecule has 0 aliphatic carbocycles. The Morgan fingerprint density at radius 3 is 2.76 bits per heavy atom. The maximum atomic E-state index is 13.3. The van der Waals surface area contributed by atoms with E-state index in [0.29, 0.717) is 11.6 Å². The highest BCUT2D eigenvalue weighted by atomic mass is 19.1. The summed E-state index contributed by atoms with van der Waals surface area (Å²) < 4.78 is 13.3. The smallest absolute Gasteiger partial charge is 0.123 e. The van der Waals surface area contributed by atoms with E-state index < -0.39 is 0 Å². The molecule has 4 nitrogen and oxygen atoms in total. The van der Waals surface area contributed by atoms with Crippen molar-refractivity contribution < 1.29 is 4.39 Å². The molecule has 2 saturated heterocycles. The van der Waals surface area contributed by atoms with E-state index in [9.17, 15) is 4.39 Å². The van der Waals surface area contributed by atoms with Crippen LogP contribution in [0.1, 0.15) is 30.4 Å². The molecule has 2 fully saturated rings. The highest BCUT2D eigenvalue weighted by molar-refractivity contribution is 5.96. The van der Waals surface area contributed by atoms with Gasteiger partial charge in [0.1, 0.15) is 11.7 Å². The van der Waals surface area contributed by atoms with E-state index >= 15 is 0 Å². The number of halogens is 1. The third kappa shape index (κ3) is 3.24. The summed E-state index contributed by atoms with van der Waals surface area (Å²) in [5.74, 6) is -0.389. The molecule has 0 saturated carbocycles. The lowest BCUT2D eigenvalue weighted by Crippen LogP contribution is -2.35. The van der Waals surface area contributed by atoms with Gasteiger partial charge in [0.2, 0.25) is 0 Å². The van der Waals surface area contributed by atoms with Gasteiger partial charge in [-0.25, -0.2) is 4.39 Å². The number of nitrogens with two attached hydrogens (primary N) is 1. The van der Waals surface area contributed by atoms with Crippen LogP contribution in [0.3, 0.4) is 0 Å². The first kappa shape index (κ1) is 14.5. The molecule has 1 atom stereocenters. The molecule has 114 valence electrons. The molecule has 1 aromatic carbocycles. The summed E-state index contributed by atoms with van der Waals surface area (Å²) >= 11 is 0. The molecule has 1 unspecified atom stereocenters. The van der Waals surface area contributed by atoms with E-state index in [-0.39, 0.29) is 11.7 Å². The van der Waals surface area contributed by atoms with E-state index in [2.05, 4.69) is 9.80 Å². The second-order valence-electron chi connectivity index (χ2n) is 6.14. The maximum absolute atomic E-state index is 13.3. The number of amidine groups is 1. The van der Waals surface area contributed by atoms with Gasteiger partial charge in [-0.05, 0) is 50.0 Å². The highest BCUT2D eigenvalue weighted by Crippen LogP contribution is 2.23. The summed E-state index contributed by atoms with van der Waals surface area (Å²) in [7, 11) is 0. The molecule has 3 N–H and O–H groups in total. The number of nitrogens with one attached hydrogen (secondary N) is 1. The molecule has 1 aromatic rings. The van der Waals surface area contributed by atoms with Gasteiger partial charge >= 0.3 is 0 Å². The average molecular weight is 290 g/mol. The summed E-state index contributed by atoms with van der Waals surface area (Å²) in [6.45, 7) is 5.34. The Hall–Kier alpha value is -1.46. The van der Waals surface area contributed by atoms with Crippen LogP contribution >= 0.6 is 0 Å². The van der Waals surface area contributed by atoms with E-state index in [1.165, 1.54) is 44.5 Å². The van der Waals surface area contributed by atoms with Gasteiger partial charge in [-0.1, -0.05) is 6.07 Å². The van der Waals surface area contributed by atoms with Crippen molar-refractivity contribution in [1.29, 1.82) is 5.41 Å². The normalized spacial score (nSPS) is 23.8. The molecule has 2 heterocycles. The van der Waals surface area contributed by atoms with Crippen molar-refractivity contribution in [2.45, 2.75) is 31.8 Å². The molecule has 0 radical (unpaired) electrons. The summed E-state index contributed by atoms with van der Waals surface area (Å²) in [6, 6.07) is 5.24. The van der Waals surface area contributed by atoms with Crippen LogP contribution in [0.5, 0.6) is 0 Å². The van der Waals surface area contributed by atoms with E-state index in [4.69, 9.17) is 11.1 Å². The van der Waals surface area contributed by atoms with Crippen molar-refractivity contribution in [2.75, 3.05) is 26.2 Å². The Morgan fingerprint density at radius 1 is 1.29 bits per heavy atom. The van der Waals surface area contributed by atoms with Crippen molar-refractivity contribution >= 4 is 5.84 Å². The van der Waals surface area contributed by atoms with Crippen molar-refractivity contribution in [3.8, 4) is 0 Å². The molecule has 3 rings (SSSR count). The predicted octanol–water partition coefficient (Wildman–Crippen LogP) is 1.78. The van der Waals surface area contributed by atoms with Crippen LogP contribution in [0.15, 0.2) is 18.2 Å². The second kappa shape index (κ2) is 6.12. The molecule has 0 aromatic heterocycles. The minimum absolute atomic E-state index is 0.0558. The van der Waals surface area contributed by atoms with Gasteiger partial charge in [0.05, 0.1) is 0 Å². The number of nitrogen functional groups attached to an aromatic ring is 1. The maximum Gasteiger partial charge on any atom is 0.123 e. The Labute approximate surface area is 125 Å². The zero-order chi connectivity index (χ0) is 14.8. The monoisotopic (exact) mass is 290 g/mol. The fourth-order valence-corrected chi connectivity index (χ4v) is 3.54. The van der Waals surface area contributed by atoms with Crippen LogP contribution < -0.4 is 5.73 Å². The van der Waals surface area contributed by atoms with Crippen LogP contribution in [0.2, 0.25) is 0 Å². The standard InChI is InChI=1S/C16H23FN4/c17-13-4-3-12(15(9-13)16(18)19)10-20-8-5-14(11-20)21-6-1-2-7-21/h3-4,9,14H,1-2,5-8,10-11H2,(H3,18,19). The fourth-order valence-electron chi connectivity index (χ4n) is 3.54. The van der Waals surface area contributed by atoms with Gasteiger partial charge < -0.3 is 5.73 Å². The number of nitrogens with zero attached hydrogens (tertiary/aromatic N) is 2. The van der Waals surface area contributed by atoms with Crippen LogP contribution in [-0.4, -0.2) is 47.9 Å². The van der Waals surface area contributed by atoms with Gasteiger partial charge in [-0.2, -0.15) is 0 Å². The lowest BCUT2D eigenvalue weighted by atomic mass is 10.1. The number of likely N-dealkylation sites (tertiary alicyclic amines) is 2. The number of hydrogen-bond acceptors (Lipinski definition) is 3. The molecule has 0 amide bonds. The first-order valence-electron chi connectivity index (χ1n) is 7.73. The van der Waals surface area contributed by atoms with Gasteiger partial charge in [0.15, 0.2) is 0 Å². The van der Waals surface area contributed by atoms with Crippen LogP contribution in [-0.2, 0) is 6.54 Å². The zero-order valence-corrected chi connectivity index (χ0v) is 12.3. The molecule has 2 aliphatic heterocycles. The largest absolute Gasteiger partial charge is 0.384 e. The van der Waals surface area contributed by atoms with E-state index in [0.717, 1.165) is 25.2 Å². The minimum atomic E-state index is -0.333. The predicted molar refractivity (Wildman–Crippen MR) is 81.9 cm³/mol. The quantitative estimate of drug-likeness (QED) is 0.656. The summed E-state index contributed by atoms with van der Waals surface area (Å²) in [6.07, 6.45) is 3.85. The number of rotatable bonds is 4. The Kier molecular flexibility index (Phi) is 4.22. The zero-order valence-electron chi connectivity index (χ0n) is 12.3. The van der Waals surface area contributed by atoms with Crippen LogP contribution in [0, 0.1) is 11.2 Å². The van der Waals surface area contributed by atoms with Crippen LogP contribution in [0.4, 0.5) is 4.39 Å². The molecular formula is C16H23FN4. The molecule has 0 bridgehead atoms. The van der Waals surface area contributed by atoms with Gasteiger partial charge in [-0.3, -0.25) is 15.2 Å². The van der Waals surface area contributed by atoms with Crippen molar-refractivity contribution in [3.63, 3.8) is 0 Å². The lowest BCUT2D eigenvalue weighted by Gasteiger charge is -2.24. The van der Waals surface area contributed by atoms with Gasteiger partial charge in [0, 0.05) is 31.2 Å². The van der Waals surface area contributed by atoms with E-state index in [1.807, 2.05) is 0 Å². The van der Waals surface area contributed by atoms with Gasteiger partial charge in [-0.15, -0.1) is 0 Å². The lowest BCUT2D eigenvalue weighted by molar-refractivity contribution is 0.230. The third-order valence-electron chi connectivity index (χ3n) is 4.66. The van der Waals surface area contributed by atoms with Crippen molar-refractivity contribution in [1.82, 2.24) is 9.80 Å². The van der Waals surface area contributed by atoms with Crippen molar-refractivity contribution in [3.05, 3.63) is 35.1 Å². The molecule has 0 spiro atoms. The van der Waals surface area contributed by atoms with Crippen LogP contribution in [0.25, 0.3) is 0 Å². The molecule has 2 aliphatic rings. The fraction of sp³-hybridized carbons (Fsp3) is 0.562. The first-order valence-corrected chi connectivity index (χ1v) is 7.73. The summed E-state index contributed by atoms with van der Waals surface area (Å²) in [5, 5.41) is 7.61. The second-order valence-corrected chi connectivity index (χ2v) is 6.14. The van der Waals surface area contributed by atoms with E-state index in [1.54, 1.807) is 6.07 Å². The third-order valence-corrected chi connectivity index (χ3v) is 4.66. The van der Waals surface area contributed by atoms with Crippen molar-refractivity contribution in [2.24, 2.45) is 5.73 Å². The highest BCUT2D eigenvalue weighted by Gasteiger charge is 2.29. The summed E-state index contributed by atoms with van der Waals surface area (Å²) in [4.78, 5) is 4.99. The summed E-state index contributed by atoms with van der Waals surface area (Å²) in [5.41, 5.74) is 7.05. The SMILES string of the molecule is N=C(N)c1cc(F)ccc1CN1CCC(N2CCCC2)C1. The number of hydrogen-bond donors (Lipinski definition) is 2. The Balaban J connectivity index is 1.66. The Morgan fingerprint density at radius 2 is 2.05 bits per heavy atom. The first-order chi connectivity index (χ1) is 10.1. The molecule has 5 heteroatoms. The average Bonchev–Trinajstić information content (AvgIpc) is 3.11.